The van der Waals surface area contributed by atoms with Gasteiger partial charge >= 0.3 is 12.4 Å². The zero-order chi connectivity index (χ0) is 22.2. The Kier molecular flexibility index (Phi) is 5.40. The van der Waals surface area contributed by atoms with Gasteiger partial charge in [-0.15, -0.1) is 0 Å². The van der Waals surface area contributed by atoms with Crippen LogP contribution < -0.4 is 0 Å². The van der Waals surface area contributed by atoms with E-state index in [1.807, 2.05) is 4.90 Å². The minimum Gasteiger partial charge on any atom is -0.473 e. The molecule has 0 bridgehead atoms. The highest BCUT2D eigenvalue weighted by molar-refractivity contribution is 6.39. The third-order valence-corrected chi connectivity index (χ3v) is 5.07. The summed E-state index contributed by atoms with van der Waals surface area (Å²) in [5.41, 5.74) is -1.64. The van der Waals surface area contributed by atoms with Crippen LogP contribution >= 0.6 is 0 Å². The maximum atomic E-state index is 13.1. The van der Waals surface area contributed by atoms with Crippen LogP contribution in [-0.4, -0.2) is 35.8 Å². The first kappa shape index (κ1) is 21.2. The molecule has 2 aromatic carbocycles. The largest absolute Gasteiger partial charge is 0.473 e. The first-order valence-electron chi connectivity index (χ1n) is 9.53. The Balaban J connectivity index is 1.75. The number of aliphatic imine (C=N–C) groups is 2. The third kappa shape index (κ3) is 4.67. The van der Waals surface area contributed by atoms with Gasteiger partial charge in [0.15, 0.2) is 5.84 Å². The van der Waals surface area contributed by atoms with E-state index >= 15 is 0 Å². The van der Waals surface area contributed by atoms with E-state index in [2.05, 4.69) is 9.98 Å². The second kappa shape index (κ2) is 7.90. The lowest BCUT2D eigenvalue weighted by Gasteiger charge is -2.33. The summed E-state index contributed by atoms with van der Waals surface area (Å²) < 4.78 is 83.9. The molecule has 2 aliphatic rings. The fourth-order valence-electron chi connectivity index (χ4n) is 3.59. The van der Waals surface area contributed by atoms with Crippen molar-refractivity contribution >= 4 is 23.1 Å². The van der Waals surface area contributed by atoms with Crippen LogP contribution in [0.25, 0.3) is 0 Å². The number of morpholine rings is 1. The molecular formula is C21H17F6N3O. The van der Waals surface area contributed by atoms with Gasteiger partial charge in [0.25, 0.3) is 5.90 Å². The Morgan fingerprint density at radius 3 is 2.00 bits per heavy atom. The zero-order valence-corrected chi connectivity index (χ0v) is 16.0. The summed E-state index contributed by atoms with van der Waals surface area (Å²) in [5, 5.41) is 0. The lowest BCUT2D eigenvalue weighted by molar-refractivity contribution is -0.138. The molecule has 0 saturated carbocycles. The lowest BCUT2D eigenvalue weighted by Crippen LogP contribution is -2.48. The van der Waals surface area contributed by atoms with Gasteiger partial charge in [-0.1, -0.05) is 12.1 Å². The predicted octanol–water partition coefficient (Wildman–Crippen LogP) is 5.98. The van der Waals surface area contributed by atoms with E-state index in [0.717, 1.165) is 37.1 Å². The number of nitrogens with zero attached hydrogens (tertiary/aromatic N) is 3. The molecule has 4 nitrogen and oxygen atoms in total. The van der Waals surface area contributed by atoms with Gasteiger partial charge in [0.1, 0.15) is 6.61 Å². The molecule has 0 aromatic heterocycles. The minimum absolute atomic E-state index is 0.00925. The van der Waals surface area contributed by atoms with Crippen molar-refractivity contribution in [1.82, 2.24) is 4.90 Å². The number of alkyl halides is 6. The summed E-state index contributed by atoms with van der Waals surface area (Å²) in [4.78, 5) is 10.4. The van der Waals surface area contributed by atoms with Gasteiger partial charge in [-0.2, -0.15) is 26.3 Å². The van der Waals surface area contributed by atoms with Crippen molar-refractivity contribution in [2.24, 2.45) is 9.98 Å². The molecule has 0 unspecified atom stereocenters. The Hall–Kier alpha value is -3.04. The monoisotopic (exact) mass is 441 g/mol. The summed E-state index contributed by atoms with van der Waals surface area (Å²) in [5.74, 6) is 0.195. The number of ether oxygens (including phenoxy) is 1. The van der Waals surface area contributed by atoms with Gasteiger partial charge in [0.2, 0.25) is 0 Å². The van der Waals surface area contributed by atoms with E-state index in [4.69, 9.17) is 4.74 Å². The van der Waals surface area contributed by atoms with Crippen LogP contribution in [0.15, 0.2) is 58.5 Å². The number of halogens is 6. The molecule has 164 valence electrons. The molecule has 0 N–H and O–H groups in total. The second-order valence-electron chi connectivity index (χ2n) is 7.25. The Morgan fingerprint density at radius 2 is 1.42 bits per heavy atom. The van der Waals surface area contributed by atoms with E-state index in [9.17, 15) is 26.3 Å². The molecular weight excluding hydrogens is 424 g/mol. The molecule has 0 radical (unpaired) electrons. The van der Waals surface area contributed by atoms with Gasteiger partial charge in [-0.25, -0.2) is 9.98 Å². The number of rotatable bonds is 2. The van der Waals surface area contributed by atoms with Crippen LogP contribution in [0.2, 0.25) is 0 Å². The van der Waals surface area contributed by atoms with Crippen molar-refractivity contribution in [1.29, 1.82) is 0 Å². The van der Waals surface area contributed by atoms with Gasteiger partial charge in [0.05, 0.1) is 28.5 Å². The fraction of sp³-hybridized carbons (Fsp3) is 0.333. The zero-order valence-electron chi connectivity index (χ0n) is 16.0. The molecule has 0 spiro atoms. The topological polar surface area (TPSA) is 37.2 Å². The second-order valence-corrected chi connectivity index (χ2v) is 7.25. The smallest absolute Gasteiger partial charge is 0.416 e. The highest BCUT2D eigenvalue weighted by Gasteiger charge is 2.37. The van der Waals surface area contributed by atoms with E-state index in [0.29, 0.717) is 6.54 Å². The van der Waals surface area contributed by atoms with E-state index in [1.54, 1.807) is 0 Å². The van der Waals surface area contributed by atoms with Crippen molar-refractivity contribution in [2.75, 3.05) is 13.2 Å². The van der Waals surface area contributed by atoms with Crippen LogP contribution in [0.4, 0.5) is 37.7 Å². The maximum absolute atomic E-state index is 13.1. The normalized spacial score (nSPS) is 22.0. The van der Waals surface area contributed by atoms with Crippen molar-refractivity contribution in [3.8, 4) is 0 Å². The van der Waals surface area contributed by atoms with E-state index in [1.165, 1.54) is 24.3 Å². The highest BCUT2D eigenvalue weighted by Crippen LogP contribution is 2.34. The predicted molar refractivity (Wildman–Crippen MR) is 103 cm³/mol. The summed E-state index contributed by atoms with van der Waals surface area (Å²) in [6.45, 7) is 0.882. The molecule has 0 amide bonds. The molecule has 4 rings (SSSR count). The number of hydrogen-bond acceptors (Lipinski definition) is 3. The van der Waals surface area contributed by atoms with Gasteiger partial charge in [0, 0.05) is 6.54 Å². The average molecular weight is 441 g/mol. The standard InChI is InChI=1S/C21H17F6N3O/c22-20(23,24)13-4-1-6-15(10-13)28-18-19(31-12-17-8-3-9-30(17)18)29-16-7-2-5-14(11-16)21(25,26)27/h1-2,4-7,10-11,17H,3,8-9,12H2/t17-/m0/s1. The van der Waals surface area contributed by atoms with Crippen LogP contribution in [0, 0.1) is 0 Å². The summed E-state index contributed by atoms with van der Waals surface area (Å²) in [6.07, 6.45) is -7.39. The number of amidine groups is 1. The van der Waals surface area contributed by atoms with Gasteiger partial charge in [-0.05, 0) is 49.2 Å². The molecule has 2 aromatic rings. The van der Waals surface area contributed by atoms with Crippen LogP contribution in [-0.2, 0) is 17.1 Å². The van der Waals surface area contributed by atoms with Crippen molar-refractivity contribution in [2.45, 2.75) is 31.2 Å². The average Bonchev–Trinajstić information content (AvgIpc) is 3.18. The lowest BCUT2D eigenvalue weighted by atomic mass is 10.2. The number of benzene rings is 2. The molecule has 2 fully saturated rings. The Bertz CT molecular complexity index is 1030. The molecule has 1 atom stereocenters. The molecule has 31 heavy (non-hydrogen) atoms. The maximum Gasteiger partial charge on any atom is 0.416 e. The van der Waals surface area contributed by atoms with Gasteiger partial charge in [-0.3, -0.25) is 0 Å². The first-order chi connectivity index (χ1) is 14.6. The number of hydrogen-bond donors (Lipinski definition) is 0. The molecule has 2 saturated heterocycles. The molecule has 2 heterocycles. The third-order valence-electron chi connectivity index (χ3n) is 5.07. The van der Waals surface area contributed by atoms with Crippen LogP contribution in [0.3, 0.4) is 0 Å². The van der Waals surface area contributed by atoms with Crippen LogP contribution in [0.5, 0.6) is 0 Å². The summed E-state index contributed by atoms with van der Waals surface area (Å²) in [6, 6.07) is 8.95. The van der Waals surface area contributed by atoms with Crippen molar-refractivity contribution in [3.05, 3.63) is 59.7 Å². The van der Waals surface area contributed by atoms with E-state index in [-0.39, 0.29) is 35.8 Å². The first-order valence-corrected chi connectivity index (χ1v) is 9.53. The Morgan fingerprint density at radius 1 is 0.839 bits per heavy atom. The minimum atomic E-state index is -4.53. The molecule has 0 aliphatic carbocycles. The quantitative estimate of drug-likeness (QED) is 0.538. The van der Waals surface area contributed by atoms with E-state index < -0.39 is 23.5 Å². The Labute approximate surface area is 173 Å². The van der Waals surface area contributed by atoms with Gasteiger partial charge < -0.3 is 9.64 Å². The number of fused-ring (bicyclic) bond motifs is 1. The fourth-order valence-corrected chi connectivity index (χ4v) is 3.59. The summed E-state index contributed by atoms with van der Waals surface area (Å²) in [7, 11) is 0. The molecule has 2 aliphatic heterocycles. The van der Waals surface area contributed by atoms with Crippen molar-refractivity contribution in [3.63, 3.8) is 0 Å². The van der Waals surface area contributed by atoms with Crippen LogP contribution in [0.1, 0.15) is 24.0 Å². The highest BCUT2D eigenvalue weighted by atomic mass is 19.4. The summed E-state index contributed by atoms with van der Waals surface area (Å²) >= 11 is 0. The van der Waals surface area contributed by atoms with Crippen molar-refractivity contribution < 1.29 is 31.1 Å². The molecule has 10 heteroatoms. The SMILES string of the molecule is FC(F)(F)c1cccc(N=C2OC[C@@H]3CCCN3C2=Nc2cccc(C(F)(F)F)c2)c1.